The lowest BCUT2D eigenvalue weighted by Gasteiger charge is -2.13. The summed E-state index contributed by atoms with van der Waals surface area (Å²) in [5, 5.41) is 3.09. The Balaban J connectivity index is 1.36. The molecule has 3 rings (SSSR count). The first-order valence-corrected chi connectivity index (χ1v) is 15.3. The number of carbonyl (C=O) groups is 1. The van der Waals surface area contributed by atoms with Crippen molar-refractivity contribution in [2.75, 3.05) is 19.0 Å². The molecule has 0 saturated carbocycles. The van der Waals surface area contributed by atoms with Gasteiger partial charge in [-0.25, -0.2) is 4.57 Å². The van der Waals surface area contributed by atoms with Gasteiger partial charge in [-0.3, -0.25) is 4.79 Å². The van der Waals surface area contributed by atoms with Crippen LogP contribution in [0.4, 0.5) is 5.69 Å². The monoisotopic (exact) mass is 545 g/mol. The van der Waals surface area contributed by atoms with Crippen molar-refractivity contribution in [3.63, 3.8) is 0 Å². The standard InChI is InChI=1S/C35H48N2O3/c1-3-4-5-6-7-8-9-10-11-12-13-19-26-40-33-23-22-30(27-34(33)39-2)28-35(38)36-32-21-16-15-20-31(32)29-37-24-17-14-18-25-37/h14-18,20-25,27H,3-13,19,26,28-29H2,1-2H3/p+1. The van der Waals surface area contributed by atoms with E-state index in [1.54, 1.807) is 7.11 Å². The Morgan fingerprint density at radius 2 is 1.40 bits per heavy atom. The molecule has 0 spiro atoms. The summed E-state index contributed by atoms with van der Waals surface area (Å²) in [4.78, 5) is 12.9. The van der Waals surface area contributed by atoms with Crippen LogP contribution in [0.15, 0.2) is 73.1 Å². The van der Waals surface area contributed by atoms with Crippen LogP contribution >= 0.6 is 0 Å². The molecule has 5 heteroatoms. The maximum atomic E-state index is 12.9. The molecule has 0 bridgehead atoms. The molecule has 0 aliphatic carbocycles. The number of nitrogens with one attached hydrogen (secondary N) is 1. The fourth-order valence-electron chi connectivity index (χ4n) is 4.96. The van der Waals surface area contributed by atoms with Crippen LogP contribution in [0.1, 0.15) is 95.1 Å². The van der Waals surface area contributed by atoms with Crippen molar-refractivity contribution < 1.29 is 18.8 Å². The molecule has 2 aromatic carbocycles. The van der Waals surface area contributed by atoms with Crippen LogP contribution in [-0.2, 0) is 17.8 Å². The largest absolute Gasteiger partial charge is 0.493 e. The average molecular weight is 546 g/mol. The Morgan fingerprint density at radius 3 is 2.08 bits per heavy atom. The first kappa shape index (κ1) is 31.2. The minimum Gasteiger partial charge on any atom is -0.493 e. The van der Waals surface area contributed by atoms with E-state index in [1.807, 2.05) is 73.1 Å². The molecule has 1 heterocycles. The van der Waals surface area contributed by atoms with Crippen molar-refractivity contribution in [1.29, 1.82) is 0 Å². The fourth-order valence-corrected chi connectivity index (χ4v) is 4.96. The summed E-state index contributed by atoms with van der Waals surface area (Å²) in [5.74, 6) is 1.35. The van der Waals surface area contributed by atoms with Gasteiger partial charge in [0.2, 0.25) is 5.91 Å². The van der Waals surface area contributed by atoms with Gasteiger partial charge < -0.3 is 14.8 Å². The predicted molar refractivity (Wildman–Crippen MR) is 164 cm³/mol. The summed E-state index contributed by atoms with van der Waals surface area (Å²) in [7, 11) is 1.65. The van der Waals surface area contributed by atoms with E-state index < -0.39 is 0 Å². The highest BCUT2D eigenvalue weighted by Gasteiger charge is 2.13. The van der Waals surface area contributed by atoms with Crippen LogP contribution in [0, 0.1) is 0 Å². The van der Waals surface area contributed by atoms with Crippen molar-refractivity contribution in [3.05, 3.63) is 84.2 Å². The zero-order valence-corrected chi connectivity index (χ0v) is 24.7. The molecule has 0 atom stereocenters. The Labute approximate surface area is 241 Å². The lowest BCUT2D eigenvalue weighted by molar-refractivity contribution is -0.688. The average Bonchev–Trinajstić information content (AvgIpc) is 2.97. The molecule has 0 saturated heterocycles. The second kappa shape index (κ2) is 18.9. The topological polar surface area (TPSA) is 51.4 Å². The number of pyridine rings is 1. The van der Waals surface area contributed by atoms with E-state index in [9.17, 15) is 4.79 Å². The normalized spacial score (nSPS) is 10.8. The van der Waals surface area contributed by atoms with Crippen LogP contribution in [-0.4, -0.2) is 19.6 Å². The number of aromatic nitrogens is 1. The van der Waals surface area contributed by atoms with Gasteiger partial charge >= 0.3 is 0 Å². The summed E-state index contributed by atoms with van der Waals surface area (Å²) in [6.45, 7) is 3.65. The van der Waals surface area contributed by atoms with Gasteiger partial charge in [0.15, 0.2) is 30.4 Å². The van der Waals surface area contributed by atoms with E-state index in [0.29, 0.717) is 18.9 Å². The first-order chi connectivity index (χ1) is 19.7. The molecule has 1 N–H and O–H groups in total. The molecule has 0 radical (unpaired) electrons. The third-order valence-corrected chi connectivity index (χ3v) is 7.27. The number of unbranched alkanes of at least 4 members (excludes halogenated alkanes) is 11. The van der Waals surface area contributed by atoms with E-state index in [4.69, 9.17) is 9.47 Å². The summed E-state index contributed by atoms with van der Waals surface area (Å²) in [5.41, 5.74) is 2.78. The zero-order valence-electron chi connectivity index (χ0n) is 24.7. The SMILES string of the molecule is CCCCCCCCCCCCCCOc1ccc(CC(=O)Nc2ccccc2C[n+]2ccccc2)cc1OC. The Hall–Kier alpha value is -3.34. The second-order valence-electron chi connectivity index (χ2n) is 10.7. The Bertz CT molecular complexity index is 1120. The second-order valence-corrected chi connectivity index (χ2v) is 10.7. The fraction of sp³-hybridized carbons (Fsp3) is 0.486. The number of rotatable bonds is 20. The predicted octanol–water partition coefficient (Wildman–Crippen LogP) is 8.29. The number of ether oxygens (including phenoxy) is 2. The van der Waals surface area contributed by atoms with Gasteiger partial charge in [-0.15, -0.1) is 0 Å². The van der Waals surface area contributed by atoms with Crippen molar-refractivity contribution in [2.24, 2.45) is 0 Å². The minimum absolute atomic E-state index is 0.0577. The van der Waals surface area contributed by atoms with Crippen LogP contribution in [0.3, 0.4) is 0 Å². The van der Waals surface area contributed by atoms with Gasteiger partial charge in [-0.05, 0) is 30.2 Å². The van der Waals surface area contributed by atoms with E-state index in [1.165, 1.54) is 70.6 Å². The van der Waals surface area contributed by atoms with Crippen LogP contribution in [0.2, 0.25) is 0 Å². The van der Waals surface area contributed by atoms with E-state index in [0.717, 1.165) is 29.0 Å². The number of hydrogen-bond acceptors (Lipinski definition) is 3. The molecule has 5 nitrogen and oxygen atoms in total. The summed E-state index contributed by atoms with van der Waals surface area (Å²) < 4.78 is 13.7. The van der Waals surface area contributed by atoms with Crippen LogP contribution < -0.4 is 19.4 Å². The third-order valence-electron chi connectivity index (χ3n) is 7.27. The number of nitrogens with zero attached hydrogens (tertiary/aromatic N) is 1. The number of para-hydroxylation sites is 1. The molecular weight excluding hydrogens is 496 g/mol. The van der Waals surface area contributed by atoms with Crippen molar-refractivity contribution in [1.82, 2.24) is 0 Å². The quantitative estimate of drug-likeness (QED) is 0.115. The molecule has 40 heavy (non-hydrogen) atoms. The summed E-state index contributed by atoms with van der Waals surface area (Å²) in [6.07, 6.45) is 20.2. The maximum Gasteiger partial charge on any atom is 0.228 e. The number of anilines is 1. The van der Waals surface area contributed by atoms with Crippen molar-refractivity contribution in [2.45, 2.75) is 96.9 Å². The van der Waals surface area contributed by atoms with Gasteiger partial charge in [-0.2, -0.15) is 0 Å². The van der Waals surface area contributed by atoms with Crippen molar-refractivity contribution in [3.8, 4) is 11.5 Å². The van der Waals surface area contributed by atoms with Gasteiger partial charge in [0.05, 0.1) is 25.8 Å². The summed E-state index contributed by atoms with van der Waals surface area (Å²) in [6, 6.07) is 19.7. The van der Waals surface area contributed by atoms with Gasteiger partial charge in [0, 0.05) is 17.7 Å². The van der Waals surface area contributed by atoms with Crippen LogP contribution in [0.25, 0.3) is 0 Å². The maximum absolute atomic E-state index is 12.9. The number of benzene rings is 2. The lowest BCUT2D eigenvalue weighted by atomic mass is 10.1. The molecule has 3 aromatic rings. The van der Waals surface area contributed by atoms with Crippen molar-refractivity contribution >= 4 is 11.6 Å². The molecule has 1 amide bonds. The number of amides is 1. The van der Waals surface area contributed by atoms with E-state index >= 15 is 0 Å². The lowest BCUT2D eigenvalue weighted by Crippen LogP contribution is -2.33. The first-order valence-electron chi connectivity index (χ1n) is 15.3. The molecular formula is C35H49N2O3+. The highest BCUT2D eigenvalue weighted by Crippen LogP contribution is 2.29. The minimum atomic E-state index is -0.0577. The van der Waals surface area contributed by atoms with E-state index in [2.05, 4.69) is 16.8 Å². The number of methoxy groups -OCH3 is 1. The Morgan fingerprint density at radius 1 is 0.750 bits per heavy atom. The van der Waals surface area contributed by atoms with Gasteiger partial charge in [0.25, 0.3) is 0 Å². The Kier molecular flexibility index (Phi) is 14.7. The zero-order chi connectivity index (χ0) is 28.3. The molecule has 0 fully saturated rings. The van der Waals surface area contributed by atoms with Gasteiger partial charge in [-0.1, -0.05) is 108 Å². The molecule has 0 aliphatic rings. The molecule has 216 valence electrons. The van der Waals surface area contributed by atoms with Gasteiger partial charge in [0.1, 0.15) is 0 Å². The molecule has 0 aliphatic heterocycles. The van der Waals surface area contributed by atoms with E-state index in [-0.39, 0.29) is 12.3 Å². The number of carbonyl (C=O) groups excluding carboxylic acids is 1. The number of hydrogen-bond donors (Lipinski definition) is 1. The highest BCUT2D eigenvalue weighted by molar-refractivity contribution is 5.93. The third kappa shape index (κ3) is 11.8. The van der Waals surface area contributed by atoms with Crippen LogP contribution in [0.5, 0.6) is 11.5 Å². The smallest absolute Gasteiger partial charge is 0.228 e. The molecule has 1 aromatic heterocycles. The highest BCUT2D eigenvalue weighted by atomic mass is 16.5. The molecule has 0 unspecified atom stereocenters. The summed E-state index contributed by atoms with van der Waals surface area (Å²) >= 11 is 0.